The average molecular weight is 336 g/mol. The van der Waals surface area contributed by atoms with Crippen LogP contribution < -0.4 is 4.90 Å². The van der Waals surface area contributed by atoms with E-state index in [-0.39, 0.29) is 0 Å². The summed E-state index contributed by atoms with van der Waals surface area (Å²) in [7, 11) is 2.21. The molecule has 3 heterocycles. The maximum absolute atomic E-state index is 4.58. The van der Waals surface area contributed by atoms with Gasteiger partial charge in [-0.25, -0.2) is 15.0 Å². The van der Waals surface area contributed by atoms with Crippen molar-refractivity contribution in [3.05, 3.63) is 48.5 Å². The van der Waals surface area contributed by atoms with Gasteiger partial charge in [0.2, 0.25) is 0 Å². The SMILES string of the molecule is CCn1cnc2c(N3CCN(C)[C@@H](Cc4ccccc4)C3)ncnc21. The van der Waals surface area contributed by atoms with Crippen LogP contribution in [0.25, 0.3) is 11.2 Å². The number of hydrogen-bond acceptors (Lipinski definition) is 5. The predicted octanol–water partition coefficient (Wildman–Crippen LogP) is 2.21. The summed E-state index contributed by atoms with van der Waals surface area (Å²) in [5, 5.41) is 0. The van der Waals surface area contributed by atoms with E-state index in [1.54, 1.807) is 6.33 Å². The van der Waals surface area contributed by atoms with Gasteiger partial charge in [0.15, 0.2) is 17.0 Å². The zero-order valence-corrected chi connectivity index (χ0v) is 14.8. The molecule has 0 aliphatic carbocycles. The molecule has 0 bridgehead atoms. The van der Waals surface area contributed by atoms with Crippen molar-refractivity contribution in [1.82, 2.24) is 24.4 Å². The maximum atomic E-state index is 4.58. The van der Waals surface area contributed by atoms with Gasteiger partial charge in [-0.3, -0.25) is 4.90 Å². The van der Waals surface area contributed by atoms with Crippen LogP contribution in [0, 0.1) is 0 Å². The highest BCUT2D eigenvalue weighted by atomic mass is 15.3. The first-order valence-corrected chi connectivity index (χ1v) is 8.91. The first-order valence-electron chi connectivity index (χ1n) is 8.91. The largest absolute Gasteiger partial charge is 0.352 e. The number of rotatable bonds is 4. The zero-order valence-electron chi connectivity index (χ0n) is 14.8. The summed E-state index contributed by atoms with van der Waals surface area (Å²) in [5.74, 6) is 0.961. The lowest BCUT2D eigenvalue weighted by Gasteiger charge is -2.40. The predicted molar refractivity (Wildman–Crippen MR) is 99.8 cm³/mol. The Morgan fingerprint density at radius 2 is 1.92 bits per heavy atom. The standard InChI is InChI=1S/C19H24N6/c1-3-24-14-22-17-18(24)20-13-21-19(17)25-10-9-23(2)16(12-25)11-15-7-5-4-6-8-15/h4-8,13-14,16H,3,9-12H2,1-2H3/t16-/m0/s1. The van der Waals surface area contributed by atoms with Crippen LogP contribution in [0.4, 0.5) is 5.82 Å². The lowest BCUT2D eigenvalue weighted by atomic mass is 10.0. The molecule has 0 radical (unpaired) electrons. The number of aryl methyl sites for hydroxylation is 1. The second-order valence-electron chi connectivity index (χ2n) is 6.67. The Morgan fingerprint density at radius 3 is 2.72 bits per heavy atom. The van der Waals surface area contributed by atoms with Crippen molar-refractivity contribution in [3.63, 3.8) is 0 Å². The molecule has 6 heteroatoms. The number of imidazole rings is 1. The number of aromatic nitrogens is 4. The fourth-order valence-corrected chi connectivity index (χ4v) is 3.58. The summed E-state index contributed by atoms with van der Waals surface area (Å²) in [6.07, 6.45) is 4.57. The molecule has 2 aromatic heterocycles. The molecule has 0 unspecified atom stereocenters. The molecule has 25 heavy (non-hydrogen) atoms. The molecular formula is C19H24N6. The molecule has 1 aromatic carbocycles. The van der Waals surface area contributed by atoms with Gasteiger partial charge in [-0.2, -0.15) is 0 Å². The lowest BCUT2D eigenvalue weighted by molar-refractivity contribution is 0.217. The number of likely N-dealkylation sites (N-methyl/N-ethyl adjacent to an activating group) is 1. The molecule has 3 aromatic rings. The third-order valence-electron chi connectivity index (χ3n) is 5.11. The van der Waals surface area contributed by atoms with Crippen LogP contribution >= 0.6 is 0 Å². The highest BCUT2D eigenvalue weighted by Crippen LogP contribution is 2.24. The summed E-state index contributed by atoms with van der Waals surface area (Å²) in [4.78, 5) is 18.4. The number of nitrogens with zero attached hydrogens (tertiary/aromatic N) is 6. The van der Waals surface area contributed by atoms with Crippen LogP contribution in [0.3, 0.4) is 0 Å². The van der Waals surface area contributed by atoms with Crippen molar-refractivity contribution >= 4 is 17.0 Å². The topological polar surface area (TPSA) is 50.1 Å². The second kappa shape index (κ2) is 6.80. The highest BCUT2D eigenvalue weighted by Gasteiger charge is 2.27. The number of benzene rings is 1. The van der Waals surface area contributed by atoms with Crippen molar-refractivity contribution in [2.75, 3.05) is 31.6 Å². The summed E-state index contributed by atoms with van der Waals surface area (Å²) in [6.45, 7) is 5.92. The van der Waals surface area contributed by atoms with Crippen molar-refractivity contribution in [3.8, 4) is 0 Å². The lowest BCUT2D eigenvalue weighted by Crippen LogP contribution is -2.52. The zero-order chi connectivity index (χ0) is 17.2. The Morgan fingerprint density at radius 1 is 1.08 bits per heavy atom. The van der Waals surface area contributed by atoms with E-state index in [1.165, 1.54) is 5.56 Å². The summed E-state index contributed by atoms with van der Waals surface area (Å²) in [5.41, 5.74) is 3.21. The fourth-order valence-electron chi connectivity index (χ4n) is 3.58. The minimum atomic E-state index is 0.467. The van der Waals surface area contributed by atoms with Gasteiger partial charge in [0.1, 0.15) is 6.33 Å². The first kappa shape index (κ1) is 16.0. The van der Waals surface area contributed by atoms with Gasteiger partial charge in [-0.05, 0) is 26.0 Å². The van der Waals surface area contributed by atoms with Crippen molar-refractivity contribution in [2.45, 2.75) is 25.9 Å². The van der Waals surface area contributed by atoms with Gasteiger partial charge in [0, 0.05) is 32.2 Å². The molecule has 0 spiro atoms. The summed E-state index contributed by atoms with van der Waals surface area (Å²) >= 11 is 0. The molecule has 1 aliphatic heterocycles. The van der Waals surface area contributed by atoms with Crippen LogP contribution in [-0.2, 0) is 13.0 Å². The smallest absolute Gasteiger partial charge is 0.165 e. The van der Waals surface area contributed by atoms with Gasteiger partial charge < -0.3 is 9.47 Å². The minimum absolute atomic E-state index is 0.467. The molecule has 0 N–H and O–H groups in total. The Labute approximate surface area is 148 Å². The summed E-state index contributed by atoms with van der Waals surface area (Å²) < 4.78 is 2.07. The fraction of sp³-hybridized carbons (Fsp3) is 0.421. The third-order valence-corrected chi connectivity index (χ3v) is 5.11. The molecule has 1 fully saturated rings. The van der Waals surface area contributed by atoms with E-state index in [4.69, 9.17) is 0 Å². The molecule has 0 saturated carbocycles. The van der Waals surface area contributed by atoms with Crippen molar-refractivity contribution in [1.29, 1.82) is 0 Å². The van der Waals surface area contributed by atoms with Crippen LogP contribution in [0.5, 0.6) is 0 Å². The Kier molecular flexibility index (Phi) is 4.36. The normalized spacial score (nSPS) is 18.8. The maximum Gasteiger partial charge on any atom is 0.165 e. The van der Waals surface area contributed by atoms with Gasteiger partial charge in [-0.1, -0.05) is 30.3 Å². The van der Waals surface area contributed by atoms with E-state index in [0.717, 1.165) is 49.6 Å². The van der Waals surface area contributed by atoms with Gasteiger partial charge in [0.05, 0.1) is 6.33 Å². The molecule has 1 aliphatic rings. The van der Waals surface area contributed by atoms with E-state index >= 15 is 0 Å². The van der Waals surface area contributed by atoms with Crippen LogP contribution in [0.15, 0.2) is 43.0 Å². The van der Waals surface area contributed by atoms with Gasteiger partial charge in [0.25, 0.3) is 0 Å². The van der Waals surface area contributed by atoms with Crippen LogP contribution in [0.2, 0.25) is 0 Å². The van der Waals surface area contributed by atoms with Crippen LogP contribution in [-0.4, -0.2) is 57.1 Å². The Bertz CT molecular complexity index is 844. The number of anilines is 1. The third kappa shape index (κ3) is 3.09. The number of fused-ring (bicyclic) bond motifs is 1. The Hall–Kier alpha value is -2.47. The van der Waals surface area contributed by atoms with Crippen molar-refractivity contribution in [2.24, 2.45) is 0 Å². The summed E-state index contributed by atoms with van der Waals surface area (Å²) in [6, 6.07) is 11.2. The quantitative estimate of drug-likeness (QED) is 0.731. The molecule has 130 valence electrons. The van der Waals surface area contributed by atoms with Crippen molar-refractivity contribution < 1.29 is 0 Å². The molecule has 1 saturated heterocycles. The van der Waals surface area contributed by atoms with Crippen LogP contribution in [0.1, 0.15) is 12.5 Å². The molecule has 0 amide bonds. The van der Waals surface area contributed by atoms with Gasteiger partial charge in [-0.15, -0.1) is 0 Å². The van der Waals surface area contributed by atoms with E-state index < -0.39 is 0 Å². The molecule has 1 atom stereocenters. The minimum Gasteiger partial charge on any atom is -0.352 e. The van der Waals surface area contributed by atoms with Gasteiger partial charge >= 0.3 is 0 Å². The molecule has 4 rings (SSSR count). The Balaban J connectivity index is 1.60. The number of piperazine rings is 1. The average Bonchev–Trinajstić information content (AvgIpc) is 3.08. The van der Waals surface area contributed by atoms with E-state index in [2.05, 4.69) is 73.6 Å². The van der Waals surface area contributed by atoms with E-state index in [1.807, 2.05) is 6.33 Å². The first-order chi connectivity index (χ1) is 12.3. The second-order valence-corrected chi connectivity index (χ2v) is 6.67. The monoisotopic (exact) mass is 336 g/mol. The van der Waals surface area contributed by atoms with E-state index in [0.29, 0.717) is 6.04 Å². The molecular weight excluding hydrogens is 312 g/mol. The molecule has 6 nitrogen and oxygen atoms in total. The van der Waals surface area contributed by atoms with E-state index in [9.17, 15) is 0 Å². The highest BCUT2D eigenvalue weighted by molar-refractivity contribution is 5.83. The number of hydrogen-bond donors (Lipinski definition) is 0.